The van der Waals surface area contributed by atoms with E-state index in [1.54, 1.807) is 6.07 Å². The van der Waals surface area contributed by atoms with Gasteiger partial charge in [-0.1, -0.05) is 6.07 Å². The molecule has 0 radical (unpaired) electrons. The van der Waals surface area contributed by atoms with Crippen molar-refractivity contribution >= 4 is 29.6 Å². The lowest BCUT2D eigenvalue weighted by Crippen LogP contribution is -2.56. The molecule has 3 amide bonds. The Balaban J connectivity index is 2.51. The van der Waals surface area contributed by atoms with E-state index >= 15 is 0 Å². The average molecular weight is 692 g/mol. The van der Waals surface area contributed by atoms with Gasteiger partial charge in [0.1, 0.15) is 29.4 Å². The summed E-state index contributed by atoms with van der Waals surface area (Å²) in [6.45, 7) is 9.09. The van der Waals surface area contributed by atoms with Crippen LogP contribution in [0.4, 0.5) is 14.9 Å². The van der Waals surface area contributed by atoms with E-state index in [1.165, 1.54) is 41.5 Å². The topological polar surface area (TPSA) is 260 Å². The molecule has 0 aliphatic rings. The number of esters is 1. The summed E-state index contributed by atoms with van der Waals surface area (Å²) in [6, 6.07) is 0.382. The predicted octanol–water partition coefficient (Wildman–Crippen LogP) is 2.68. The third-order valence-corrected chi connectivity index (χ3v) is 6.25. The molecular weight excluding hydrogens is 653 g/mol. The molecule has 266 valence electrons. The normalized spacial score (nSPS) is 13.8. The number of phenols is 2. The number of halogens is 1. The molecule has 0 aliphatic carbocycles. The van der Waals surface area contributed by atoms with Gasteiger partial charge in [0.15, 0.2) is 17.5 Å². The number of aliphatic hydroxyl groups is 1. The molecule has 2 rings (SSSR count). The molecule has 0 unspecified atom stereocenters. The lowest BCUT2D eigenvalue weighted by molar-refractivity contribution is -0.387. The minimum absolute atomic E-state index is 0.182. The Morgan fingerprint density at radius 2 is 1.51 bits per heavy atom. The number of hydrogen-bond donors (Lipinski definition) is 6. The summed E-state index contributed by atoms with van der Waals surface area (Å²) < 4.78 is 29.4. The van der Waals surface area contributed by atoms with Gasteiger partial charge in [0.2, 0.25) is 23.4 Å². The van der Waals surface area contributed by atoms with E-state index in [0.29, 0.717) is 12.1 Å². The number of rotatable bonds is 12. The first-order valence-corrected chi connectivity index (χ1v) is 14.5. The minimum Gasteiger partial charge on any atom is -0.504 e. The van der Waals surface area contributed by atoms with Crippen molar-refractivity contribution < 1.29 is 58.0 Å². The summed E-state index contributed by atoms with van der Waals surface area (Å²) in [7, 11) is 1.16. The fraction of sp³-hybridized carbons (Fsp3) is 0.452. The van der Waals surface area contributed by atoms with Gasteiger partial charge in [-0.15, -0.1) is 0 Å². The highest BCUT2D eigenvalue weighted by atomic mass is 19.1. The number of aromatic hydroxyl groups is 2. The van der Waals surface area contributed by atoms with Crippen molar-refractivity contribution in [2.75, 3.05) is 7.11 Å². The van der Waals surface area contributed by atoms with Crippen LogP contribution in [-0.2, 0) is 23.9 Å². The number of alkyl carbamates (subject to hydrolysis) is 1. The van der Waals surface area contributed by atoms with Crippen LogP contribution in [0.15, 0.2) is 30.3 Å². The van der Waals surface area contributed by atoms with Crippen LogP contribution in [0.1, 0.15) is 71.2 Å². The molecule has 0 spiro atoms. The molecule has 0 heterocycles. The maximum absolute atomic E-state index is 14.0. The number of phenolic OH excluding ortho intramolecular Hbond substituents is 2. The van der Waals surface area contributed by atoms with E-state index in [2.05, 4.69) is 16.0 Å². The third-order valence-electron chi connectivity index (χ3n) is 6.25. The van der Waals surface area contributed by atoms with Crippen LogP contribution < -0.4 is 20.7 Å². The van der Waals surface area contributed by atoms with Crippen LogP contribution in [0.2, 0.25) is 0 Å². The molecule has 6 N–H and O–H groups in total. The fourth-order valence-electron chi connectivity index (χ4n) is 4.21. The van der Waals surface area contributed by atoms with E-state index in [1.807, 2.05) is 0 Å². The number of hydrogen-bond acceptors (Lipinski definition) is 13. The van der Waals surface area contributed by atoms with Gasteiger partial charge in [-0.3, -0.25) is 19.7 Å². The number of ether oxygens (including phenoxy) is 3. The fourth-order valence-corrected chi connectivity index (χ4v) is 4.21. The number of nitrogens with zero attached hydrogens (tertiary/aromatic N) is 2. The van der Waals surface area contributed by atoms with Gasteiger partial charge in [-0.2, -0.15) is 9.65 Å². The number of carbonyl (C=O) groups excluding carboxylic acids is 4. The van der Waals surface area contributed by atoms with Gasteiger partial charge >= 0.3 is 17.7 Å². The molecule has 2 aromatic carbocycles. The zero-order valence-electron chi connectivity index (χ0n) is 27.7. The van der Waals surface area contributed by atoms with Crippen LogP contribution in [-0.4, -0.2) is 74.5 Å². The number of aliphatic hydroxyl groups excluding tert-OH is 1. The number of nitro groups is 1. The van der Waals surface area contributed by atoms with Crippen LogP contribution in [0.5, 0.6) is 17.2 Å². The minimum atomic E-state index is -2.09. The van der Waals surface area contributed by atoms with E-state index in [0.717, 1.165) is 25.3 Å². The highest BCUT2D eigenvalue weighted by Crippen LogP contribution is 2.38. The molecule has 17 nitrogen and oxygen atoms in total. The molecule has 2 aromatic rings. The van der Waals surface area contributed by atoms with Crippen molar-refractivity contribution in [2.45, 2.75) is 83.4 Å². The Labute approximate surface area is 280 Å². The average Bonchev–Trinajstić information content (AvgIpc) is 2.96. The number of nitriles is 1. The third kappa shape index (κ3) is 11.2. The molecular formula is C31H38FN5O12. The quantitative estimate of drug-likeness (QED) is 0.106. The van der Waals surface area contributed by atoms with Crippen molar-refractivity contribution in [3.8, 4) is 23.3 Å². The number of amides is 3. The lowest BCUT2D eigenvalue weighted by atomic mass is 10.00. The number of benzene rings is 2. The van der Waals surface area contributed by atoms with Gasteiger partial charge in [0.05, 0.1) is 24.5 Å². The van der Waals surface area contributed by atoms with Crippen LogP contribution in [0.25, 0.3) is 0 Å². The molecule has 0 bridgehead atoms. The van der Waals surface area contributed by atoms with Crippen molar-refractivity contribution in [1.82, 2.24) is 16.0 Å². The summed E-state index contributed by atoms with van der Waals surface area (Å²) in [5.74, 6) is -6.31. The number of methoxy groups -OCH3 is 1. The first-order chi connectivity index (χ1) is 22.6. The second kappa shape index (κ2) is 15.9. The zero-order valence-corrected chi connectivity index (χ0v) is 27.7. The number of carbonyl (C=O) groups is 4. The largest absolute Gasteiger partial charge is 0.504 e. The molecule has 0 fully saturated rings. The predicted molar refractivity (Wildman–Crippen MR) is 166 cm³/mol. The Morgan fingerprint density at radius 1 is 0.939 bits per heavy atom. The van der Waals surface area contributed by atoms with Gasteiger partial charge in [-0.05, 0) is 70.9 Å². The van der Waals surface area contributed by atoms with Gasteiger partial charge < -0.3 is 45.5 Å². The van der Waals surface area contributed by atoms with Crippen LogP contribution in [0.3, 0.4) is 0 Å². The van der Waals surface area contributed by atoms with Crippen molar-refractivity contribution in [1.29, 1.82) is 5.26 Å². The van der Waals surface area contributed by atoms with Crippen LogP contribution >= 0.6 is 0 Å². The summed E-state index contributed by atoms with van der Waals surface area (Å²) in [6.07, 6.45) is -4.04. The Bertz CT molecular complexity index is 1610. The molecule has 49 heavy (non-hydrogen) atoms. The Morgan fingerprint density at radius 3 is 2.00 bits per heavy atom. The Kier molecular flexibility index (Phi) is 12.8. The summed E-state index contributed by atoms with van der Waals surface area (Å²) in [5.41, 5.74) is -3.77. The van der Waals surface area contributed by atoms with E-state index < -0.39 is 93.7 Å². The van der Waals surface area contributed by atoms with Gasteiger partial charge in [-0.25, -0.2) is 9.59 Å². The Hall–Kier alpha value is -5.70. The summed E-state index contributed by atoms with van der Waals surface area (Å²) >= 11 is 0. The standard InChI is InChI=1S/C31H38FN5O12/c1-30(2,3)48-28(43)22(16-13-20(38)25(47-7)21(39)14-16)35-26(41)18(10-11-33)34-27(42)23(36-29(44)49-31(4,5)6)24(40)15-8-9-17(32)19(12-15)37(45)46/h8-9,12-14,18,22-24,38-40H,10H2,1-7H3,(H,34,42)(H,35,41)(H,36,44)/t18-,22-,23-,24-/m1/s1. The molecule has 18 heteroatoms. The SMILES string of the molecule is COc1c(O)cc([C@@H](NC(=O)[C@@H](CC#N)NC(=O)[C@H](NC(=O)OC(C)(C)C)[C@H](O)c2ccc(F)c([N+](=O)[O-])c2)C(=O)OC(C)(C)C)cc1O. The molecule has 0 aromatic heterocycles. The molecule has 0 aliphatic heterocycles. The smallest absolute Gasteiger partial charge is 0.408 e. The highest BCUT2D eigenvalue weighted by Gasteiger charge is 2.37. The molecule has 0 saturated heterocycles. The van der Waals surface area contributed by atoms with Crippen LogP contribution in [0, 0.1) is 27.3 Å². The van der Waals surface area contributed by atoms with Crippen molar-refractivity contribution in [3.05, 3.63) is 57.4 Å². The maximum atomic E-state index is 14.0. The molecule has 4 atom stereocenters. The van der Waals surface area contributed by atoms with E-state index in [4.69, 9.17) is 14.2 Å². The van der Waals surface area contributed by atoms with Gasteiger partial charge in [0.25, 0.3) is 0 Å². The van der Waals surface area contributed by atoms with Gasteiger partial charge in [0, 0.05) is 6.07 Å². The second-order valence-corrected chi connectivity index (χ2v) is 12.5. The van der Waals surface area contributed by atoms with Crippen molar-refractivity contribution in [3.63, 3.8) is 0 Å². The lowest BCUT2D eigenvalue weighted by Gasteiger charge is -2.28. The van der Waals surface area contributed by atoms with E-state index in [-0.39, 0.29) is 16.9 Å². The first-order valence-electron chi connectivity index (χ1n) is 14.5. The highest BCUT2D eigenvalue weighted by molar-refractivity contribution is 5.94. The first kappa shape index (κ1) is 39.5. The maximum Gasteiger partial charge on any atom is 0.408 e. The zero-order chi connectivity index (χ0) is 37.4. The summed E-state index contributed by atoms with van der Waals surface area (Å²) in [5, 5.41) is 59.1. The number of nitro benzene ring substituents is 1. The number of nitrogens with one attached hydrogen (secondary N) is 3. The second-order valence-electron chi connectivity index (χ2n) is 12.5. The van der Waals surface area contributed by atoms with E-state index in [9.17, 15) is 54.3 Å². The monoisotopic (exact) mass is 691 g/mol. The van der Waals surface area contributed by atoms with Crippen molar-refractivity contribution in [2.24, 2.45) is 0 Å². The summed E-state index contributed by atoms with van der Waals surface area (Å²) in [4.78, 5) is 63.2. The molecule has 0 saturated carbocycles.